The van der Waals surface area contributed by atoms with E-state index >= 15 is 0 Å². The largest absolute Gasteiger partial charge is 0.314 e. The highest BCUT2D eigenvalue weighted by molar-refractivity contribution is 7.98. The summed E-state index contributed by atoms with van der Waals surface area (Å²) in [7, 11) is -2.85. The maximum Gasteiger partial charge on any atom is 0.150 e. The summed E-state index contributed by atoms with van der Waals surface area (Å²) in [6, 6.07) is 0.396. The first-order valence-corrected chi connectivity index (χ1v) is 9.69. The fourth-order valence-electron chi connectivity index (χ4n) is 2.43. The molecular formula is C12H25NO2S2. The van der Waals surface area contributed by atoms with Crippen LogP contribution in [0.15, 0.2) is 0 Å². The third-order valence-electron chi connectivity index (χ3n) is 3.44. The SMILES string of the molecule is CSCC(C)CNC1CCCC(S(C)(=O)=O)C1. The normalized spacial score (nSPS) is 27.9. The number of hydrogen-bond donors (Lipinski definition) is 1. The molecule has 0 aromatic carbocycles. The van der Waals surface area contributed by atoms with Gasteiger partial charge in [0.2, 0.25) is 0 Å². The standard InChI is InChI=1S/C12H25NO2S2/c1-10(9-16-2)8-13-11-5-4-6-12(7-11)17(3,14)15/h10-13H,4-9H2,1-3H3. The van der Waals surface area contributed by atoms with Crippen molar-refractivity contribution in [3.05, 3.63) is 0 Å². The number of sulfone groups is 1. The van der Waals surface area contributed by atoms with E-state index in [1.165, 1.54) is 6.26 Å². The van der Waals surface area contributed by atoms with Gasteiger partial charge in [0.1, 0.15) is 9.84 Å². The van der Waals surface area contributed by atoms with Crippen molar-refractivity contribution in [2.45, 2.75) is 43.9 Å². The molecule has 0 aromatic rings. The molecule has 3 atom stereocenters. The zero-order valence-electron chi connectivity index (χ0n) is 11.1. The van der Waals surface area contributed by atoms with E-state index in [9.17, 15) is 8.42 Å². The Labute approximate surface area is 110 Å². The Morgan fingerprint density at radius 1 is 1.41 bits per heavy atom. The molecule has 0 aromatic heterocycles. The van der Waals surface area contributed by atoms with Crippen molar-refractivity contribution in [2.75, 3.05) is 24.8 Å². The highest BCUT2D eigenvalue weighted by atomic mass is 32.2. The predicted molar refractivity (Wildman–Crippen MR) is 76.4 cm³/mol. The van der Waals surface area contributed by atoms with Gasteiger partial charge in [0.15, 0.2) is 0 Å². The molecule has 17 heavy (non-hydrogen) atoms. The van der Waals surface area contributed by atoms with E-state index in [-0.39, 0.29) is 5.25 Å². The molecular weight excluding hydrogens is 254 g/mol. The monoisotopic (exact) mass is 279 g/mol. The van der Waals surface area contributed by atoms with Crippen molar-refractivity contribution in [2.24, 2.45) is 5.92 Å². The minimum absolute atomic E-state index is 0.121. The highest BCUT2D eigenvalue weighted by Crippen LogP contribution is 2.24. The van der Waals surface area contributed by atoms with Gasteiger partial charge in [-0.2, -0.15) is 11.8 Å². The van der Waals surface area contributed by atoms with E-state index in [1.807, 2.05) is 11.8 Å². The lowest BCUT2D eigenvalue weighted by atomic mass is 9.94. The molecule has 0 aliphatic heterocycles. The number of rotatable bonds is 6. The zero-order valence-corrected chi connectivity index (χ0v) is 12.7. The Bertz CT molecular complexity index is 316. The molecule has 0 radical (unpaired) electrons. The van der Waals surface area contributed by atoms with E-state index in [1.54, 1.807) is 0 Å². The molecule has 5 heteroatoms. The minimum atomic E-state index is -2.85. The quantitative estimate of drug-likeness (QED) is 0.807. The summed E-state index contributed by atoms with van der Waals surface area (Å²) >= 11 is 1.87. The molecule has 0 spiro atoms. The van der Waals surface area contributed by atoms with Gasteiger partial charge in [-0.3, -0.25) is 0 Å². The summed E-state index contributed by atoms with van der Waals surface area (Å²) in [4.78, 5) is 0. The molecule has 1 aliphatic carbocycles. The molecule has 0 amide bonds. The van der Waals surface area contributed by atoms with E-state index in [2.05, 4.69) is 18.5 Å². The van der Waals surface area contributed by atoms with Crippen LogP contribution in [0, 0.1) is 5.92 Å². The van der Waals surface area contributed by atoms with Crippen LogP contribution in [-0.2, 0) is 9.84 Å². The summed E-state index contributed by atoms with van der Waals surface area (Å²) in [5.41, 5.74) is 0. The predicted octanol–water partition coefficient (Wildman–Crippen LogP) is 1.93. The van der Waals surface area contributed by atoms with Gasteiger partial charge in [0, 0.05) is 12.3 Å². The van der Waals surface area contributed by atoms with Crippen LogP contribution >= 0.6 is 11.8 Å². The fourth-order valence-corrected chi connectivity index (χ4v) is 4.29. The van der Waals surface area contributed by atoms with E-state index in [4.69, 9.17) is 0 Å². The Kier molecular flexibility index (Phi) is 6.31. The van der Waals surface area contributed by atoms with Crippen molar-refractivity contribution in [3.8, 4) is 0 Å². The lowest BCUT2D eigenvalue weighted by molar-refractivity contribution is 0.358. The van der Waals surface area contributed by atoms with Gasteiger partial charge in [-0.1, -0.05) is 13.3 Å². The molecule has 1 rings (SSSR count). The number of thioether (sulfide) groups is 1. The maximum atomic E-state index is 11.5. The van der Waals surface area contributed by atoms with Crippen molar-refractivity contribution in [1.29, 1.82) is 0 Å². The fraction of sp³-hybridized carbons (Fsp3) is 1.00. The van der Waals surface area contributed by atoms with Crippen LogP contribution in [0.2, 0.25) is 0 Å². The van der Waals surface area contributed by atoms with Crippen molar-refractivity contribution in [3.63, 3.8) is 0 Å². The lowest BCUT2D eigenvalue weighted by Gasteiger charge is -2.29. The van der Waals surface area contributed by atoms with E-state index in [0.29, 0.717) is 12.0 Å². The second-order valence-corrected chi connectivity index (χ2v) is 8.52. The van der Waals surface area contributed by atoms with Gasteiger partial charge in [-0.05, 0) is 43.7 Å². The number of nitrogens with one attached hydrogen (secondary N) is 1. The van der Waals surface area contributed by atoms with Gasteiger partial charge in [-0.15, -0.1) is 0 Å². The summed E-state index contributed by atoms with van der Waals surface area (Å²) in [5, 5.41) is 3.41. The average Bonchev–Trinajstić information content (AvgIpc) is 2.26. The Morgan fingerprint density at radius 3 is 2.71 bits per heavy atom. The first kappa shape index (κ1) is 15.3. The second-order valence-electron chi connectivity index (χ2n) is 5.28. The van der Waals surface area contributed by atoms with Crippen LogP contribution in [0.4, 0.5) is 0 Å². The van der Waals surface area contributed by atoms with Crippen LogP contribution in [0.5, 0.6) is 0 Å². The summed E-state index contributed by atoms with van der Waals surface area (Å²) < 4.78 is 23.1. The van der Waals surface area contributed by atoms with Crippen molar-refractivity contribution >= 4 is 21.6 Å². The molecule has 1 saturated carbocycles. The molecule has 3 nitrogen and oxygen atoms in total. The molecule has 0 heterocycles. The Morgan fingerprint density at radius 2 is 2.12 bits per heavy atom. The van der Waals surface area contributed by atoms with Gasteiger partial charge >= 0.3 is 0 Å². The van der Waals surface area contributed by atoms with Gasteiger partial charge in [-0.25, -0.2) is 8.42 Å². The maximum absolute atomic E-state index is 11.5. The summed E-state index contributed by atoms with van der Waals surface area (Å²) in [6.45, 7) is 3.24. The third kappa shape index (κ3) is 5.62. The Balaban J connectivity index is 2.35. The highest BCUT2D eigenvalue weighted by Gasteiger charge is 2.28. The number of hydrogen-bond acceptors (Lipinski definition) is 4. The first-order chi connectivity index (χ1) is 7.93. The third-order valence-corrected chi connectivity index (χ3v) is 5.98. The first-order valence-electron chi connectivity index (χ1n) is 6.34. The molecule has 0 bridgehead atoms. The minimum Gasteiger partial charge on any atom is -0.314 e. The van der Waals surface area contributed by atoms with Crippen LogP contribution in [-0.4, -0.2) is 44.5 Å². The van der Waals surface area contributed by atoms with Crippen LogP contribution in [0.1, 0.15) is 32.6 Å². The molecule has 102 valence electrons. The Hall–Kier alpha value is 0.260. The topological polar surface area (TPSA) is 46.2 Å². The van der Waals surface area contributed by atoms with Crippen LogP contribution in [0.3, 0.4) is 0 Å². The van der Waals surface area contributed by atoms with Gasteiger partial charge < -0.3 is 5.32 Å². The smallest absolute Gasteiger partial charge is 0.150 e. The molecule has 1 N–H and O–H groups in total. The lowest BCUT2D eigenvalue weighted by Crippen LogP contribution is -2.40. The van der Waals surface area contributed by atoms with E-state index in [0.717, 1.165) is 38.0 Å². The summed E-state index contributed by atoms with van der Waals surface area (Å²) in [6.07, 6.45) is 7.29. The van der Waals surface area contributed by atoms with Crippen LogP contribution in [0.25, 0.3) is 0 Å². The van der Waals surface area contributed by atoms with Gasteiger partial charge in [0.05, 0.1) is 5.25 Å². The zero-order chi connectivity index (χ0) is 12.9. The molecule has 0 saturated heterocycles. The molecule has 1 aliphatic rings. The average molecular weight is 279 g/mol. The summed E-state index contributed by atoms with van der Waals surface area (Å²) in [5.74, 6) is 1.82. The second kappa shape index (κ2) is 7.00. The van der Waals surface area contributed by atoms with Crippen molar-refractivity contribution in [1.82, 2.24) is 5.32 Å². The van der Waals surface area contributed by atoms with Gasteiger partial charge in [0.25, 0.3) is 0 Å². The molecule has 1 fully saturated rings. The molecule has 3 unspecified atom stereocenters. The van der Waals surface area contributed by atoms with Crippen LogP contribution < -0.4 is 5.32 Å². The van der Waals surface area contributed by atoms with Crippen molar-refractivity contribution < 1.29 is 8.42 Å². The van der Waals surface area contributed by atoms with E-state index < -0.39 is 9.84 Å².